The van der Waals surface area contributed by atoms with Crippen LogP contribution < -0.4 is 10.1 Å². The summed E-state index contributed by atoms with van der Waals surface area (Å²) in [6.07, 6.45) is 0. The second kappa shape index (κ2) is 7.30. The number of anilines is 1. The summed E-state index contributed by atoms with van der Waals surface area (Å²) >= 11 is 12.5. The van der Waals surface area contributed by atoms with Crippen LogP contribution in [0.5, 0.6) is 5.75 Å². The molecule has 0 aliphatic rings. The molecule has 0 spiro atoms. The summed E-state index contributed by atoms with van der Waals surface area (Å²) in [7, 11) is 0. The third-order valence-corrected chi connectivity index (χ3v) is 4.22. The van der Waals surface area contributed by atoms with Crippen molar-refractivity contribution in [2.24, 2.45) is 0 Å². The lowest BCUT2D eigenvalue weighted by atomic mass is 10.2. The zero-order valence-electron chi connectivity index (χ0n) is 13.8. The van der Waals surface area contributed by atoms with E-state index in [-0.39, 0.29) is 12.5 Å². The van der Waals surface area contributed by atoms with E-state index in [4.69, 9.17) is 27.9 Å². The second-order valence-corrected chi connectivity index (χ2v) is 6.54. The van der Waals surface area contributed by atoms with E-state index < -0.39 is 0 Å². The van der Waals surface area contributed by atoms with Gasteiger partial charge in [0.25, 0.3) is 5.91 Å². The lowest BCUT2D eigenvalue weighted by Gasteiger charge is -2.12. The minimum Gasteiger partial charge on any atom is -0.480 e. The Bertz CT molecular complexity index is 958. The van der Waals surface area contributed by atoms with Crippen LogP contribution in [0.1, 0.15) is 11.3 Å². The molecule has 1 N–H and O–H groups in total. The van der Waals surface area contributed by atoms with Crippen molar-refractivity contribution < 1.29 is 9.53 Å². The number of pyridine rings is 1. The number of nitrogens with one attached hydrogen (secondary N) is 1. The van der Waals surface area contributed by atoms with E-state index in [1.54, 1.807) is 6.07 Å². The number of ether oxygens (including phenoxy) is 1. The smallest absolute Gasteiger partial charge is 0.262 e. The SMILES string of the molecule is Cc1cccc(NC(=O)COc2c(Cl)cc(Cl)c3ccc(C)nc23)c1. The Kier molecular flexibility index (Phi) is 5.11. The molecule has 0 unspecified atom stereocenters. The van der Waals surface area contributed by atoms with Gasteiger partial charge in [0.15, 0.2) is 12.4 Å². The first-order valence-electron chi connectivity index (χ1n) is 7.69. The molecular weight excluding hydrogens is 359 g/mol. The van der Waals surface area contributed by atoms with E-state index in [0.29, 0.717) is 21.3 Å². The third kappa shape index (κ3) is 4.03. The van der Waals surface area contributed by atoms with Gasteiger partial charge in [-0.3, -0.25) is 4.79 Å². The summed E-state index contributed by atoms with van der Waals surface area (Å²) in [5, 5.41) is 4.33. The van der Waals surface area contributed by atoms with Crippen molar-refractivity contribution in [3.05, 3.63) is 63.8 Å². The summed E-state index contributed by atoms with van der Waals surface area (Å²) in [4.78, 5) is 16.6. The molecule has 6 heteroatoms. The Morgan fingerprint density at radius 1 is 1.12 bits per heavy atom. The predicted molar refractivity (Wildman–Crippen MR) is 102 cm³/mol. The Hall–Kier alpha value is -2.30. The highest BCUT2D eigenvalue weighted by Crippen LogP contribution is 2.37. The molecule has 3 rings (SSSR count). The van der Waals surface area contributed by atoms with Crippen LogP contribution >= 0.6 is 23.2 Å². The molecule has 0 radical (unpaired) electrons. The number of carbonyl (C=O) groups excluding carboxylic acids is 1. The molecule has 1 amide bonds. The van der Waals surface area contributed by atoms with Crippen molar-refractivity contribution in [2.45, 2.75) is 13.8 Å². The number of fused-ring (bicyclic) bond motifs is 1. The number of amides is 1. The first-order valence-corrected chi connectivity index (χ1v) is 8.44. The van der Waals surface area contributed by atoms with Crippen molar-refractivity contribution in [2.75, 3.05) is 11.9 Å². The van der Waals surface area contributed by atoms with Crippen molar-refractivity contribution in [1.82, 2.24) is 4.98 Å². The summed E-state index contributed by atoms with van der Waals surface area (Å²) in [5.74, 6) is 0.0709. The average molecular weight is 375 g/mol. The number of aromatic nitrogens is 1. The van der Waals surface area contributed by atoms with Crippen LogP contribution in [0.25, 0.3) is 10.9 Å². The van der Waals surface area contributed by atoms with E-state index in [9.17, 15) is 4.79 Å². The second-order valence-electron chi connectivity index (χ2n) is 5.72. The van der Waals surface area contributed by atoms with Gasteiger partial charge in [0.1, 0.15) is 5.52 Å². The predicted octanol–water partition coefficient (Wildman–Crippen LogP) is 5.18. The zero-order valence-corrected chi connectivity index (χ0v) is 15.3. The summed E-state index contributed by atoms with van der Waals surface area (Å²) in [5.41, 5.74) is 3.13. The van der Waals surface area contributed by atoms with E-state index in [2.05, 4.69) is 10.3 Å². The molecule has 3 aromatic rings. The fourth-order valence-corrected chi connectivity index (χ4v) is 3.06. The lowest BCUT2D eigenvalue weighted by molar-refractivity contribution is -0.118. The van der Waals surface area contributed by atoms with Crippen LogP contribution in [0.15, 0.2) is 42.5 Å². The number of rotatable bonds is 4. The maximum absolute atomic E-state index is 12.2. The molecular formula is C19H16Cl2N2O2. The van der Waals surface area contributed by atoms with Crippen molar-refractivity contribution >= 4 is 45.7 Å². The van der Waals surface area contributed by atoms with Gasteiger partial charge in [-0.2, -0.15) is 0 Å². The fraction of sp³-hybridized carbons (Fsp3) is 0.158. The maximum Gasteiger partial charge on any atom is 0.262 e. The molecule has 0 aliphatic carbocycles. The molecule has 0 fully saturated rings. The molecule has 1 heterocycles. The van der Waals surface area contributed by atoms with Crippen LogP contribution in [0.4, 0.5) is 5.69 Å². The number of benzene rings is 2. The molecule has 25 heavy (non-hydrogen) atoms. The van der Waals surface area contributed by atoms with Crippen LogP contribution in [0, 0.1) is 13.8 Å². The Balaban J connectivity index is 1.81. The third-order valence-electron chi connectivity index (χ3n) is 3.63. The van der Waals surface area contributed by atoms with Gasteiger partial charge in [-0.05, 0) is 49.7 Å². The molecule has 0 bridgehead atoms. The number of nitrogens with zero attached hydrogens (tertiary/aromatic N) is 1. The Morgan fingerprint density at radius 3 is 2.68 bits per heavy atom. The lowest BCUT2D eigenvalue weighted by Crippen LogP contribution is -2.20. The van der Waals surface area contributed by atoms with Gasteiger partial charge >= 0.3 is 0 Å². The van der Waals surface area contributed by atoms with E-state index in [1.165, 1.54) is 0 Å². The molecule has 2 aromatic carbocycles. The molecule has 128 valence electrons. The monoisotopic (exact) mass is 374 g/mol. The quantitative estimate of drug-likeness (QED) is 0.684. The molecule has 4 nitrogen and oxygen atoms in total. The molecule has 0 saturated carbocycles. The Morgan fingerprint density at radius 2 is 1.92 bits per heavy atom. The van der Waals surface area contributed by atoms with Gasteiger partial charge in [-0.25, -0.2) is 4.98 Å². The summed E-state index contributed by atoms with van der Waals surface area (Å²) in [6.45, 7) is 3.64. The van der Waals surface area contributed by atoms with E-state index >= 15 is 0 Å². The standard InChI is InChI=1S/C19H16Cl2N2O2/c1-11-4-3-5-13(8-11)23-17(24)10-25-19-16(21)9-15(20)14-7-6-12(2)22-18(14)19/h3-9H,10H2,1-2H3,(H,23,24). The van der Waals surface area contributed by atoms with Gasteiger partial charge in [0.2, 0.25) is 0 Å². The first kappa shape index (κ1) is 17.5. The largest absolute Gasteiger partial charge is 0.480 e. The van der Waals surface area contributed by atoms with Crippen LogP contribution in [-0.2, 0) is 4.79 Å². The minimum absolute atomic E-state index is 0.181. The molecule has 0 saturated heterocycles. The van der Waals surface area contributed by atoms with Gasteiger partial charge in [-0.15, -0.1) is 0 Å². The first-order chi connectivity index (χ1) is 11.9. The van der Waals surface area contributed by atoms with Crippen LogP contribution in [0.3, 0.4) is 0 Å². The van der Waals surface area contributed by atoms with Crippen molar-refractivity contribution in [3.8, 4) is 5.75 Å². The number of hydrogen-bond acceptors (Lipinski definition) is 3. The zero-order chi connectivity index (χ0) is 18.0. The molecule has 0 atom stereocenters. The summed E-state index contributed by atoms with van der Waals surface area (Å²) < 4.78 is 5.66. The maximum atomic E-state index is 12.2. The topological polar surface area (TPSA) is 51.2 Å². The highest BCUT2D eigenvalue weighted by molar-refractivity contribution is 6.39. The van der Waals surface area contributed by atoms with Crippen molar-refractivity contribution in [3.63, 3.8) is 0 Å². The number of carbonyl (C=O) groups is 1. The minimum atomic E-state index is -0.280. The van der Waals surface area contributed by atoms with Crippen LogP contribution in [0.2, 0.25) is 10.0 Å². The normalized spacial score (nSPS) is 10.7. The molecule has 1 aromatic heterocycles. The van der Waals surface area contributed by atoms with Crippen molar-refractivity contribution in [1.29, 1.82) is 0 Å². The molecule has 0 aliphatic heterocycles. The van der Waals surface area contributed by atoms with E-state index in [0.717, 1.165) is 22.3 Å². The average Bonchev–Trinajstić information content (AvgIpc) is 2.54. The summed E-state index contributed by atoms with van der Waals surface area (Å²) in [6, 6.07) is 12.8. The highest BCUT2D eigenvalue weighted by Gasteiger charge is 2.14. The van der Waals surface area contributed by atoms with E-state index in [1.807, 2.05) is 50.2 Å². The van der Waals surface area contributed by atoms with Crippen LogP contribution in [-0.4, -0.2) is 17.5 Å². The number of halogens is 2. The Labute approximate surface area is 155 Å². The fourth-order valence-electron chi connectivity index (χ4n) is 2.49. The van der Waals surface area contributed by atoms with Gasteiger partial charge in [-0.1, -0.05) is 35.3 Å². The van der Waals surface area contributed by atoms with Gasteiger partial charge in [0.05, 0.1) is 10.0 Å². The number of hydrogen-bond donors (Lipinski definition) is 1. The van der Waals surface area contributed by atoms with Gasteiger partial charge in [0, 0.05) is 16.8 Å². The van der Waals surface area contributed by atoms with Gasteiger partial charge < -0.3 is 10.1 Å². The highest BCUT2D eigenvalue weighted by atomic mass is 35.5. The number of aryl methyl sites for hydroxylation is 2.